The first-order valence-corrected chi connectivity index (χ1v) is 7.89. The molecule has 0 aromatic heterocycles. The van der Waals surface area contributed by atoms with E-state index >= 15 is 0 Å². The van der Waals surface area contributed by atoms with Crippen LogP contribution in [0.15, 0.2) is 0 Å². The Balaban J connectivity index is 1.67. The summed E-state index contributed by atoms with van der Waals surface area (Å²) >= 11 is 0. The van der Waals surface area contributed by atoms with Gasteiger partial charge < -0.3 is 14.6 Å². The summed E-state index contributed by atoms with van der Waals surface area (Å²) in [7, 11) is 0. The summed E-state index contributed by atoms with van der Waals surface area (Å²) in [5.74, 6) is 0.431. The molecular weight excluding hydrogens is 242 g/mol. The zero-order valence-corrected chi connectivity index (χ0v) is 12.0. The van der Waals surface area contributed by atoms with Gasteiger partial charge in [-0.25, -0.2) is 0 Å². The fraction of sp³-hybridized carbons (Fsp3) is 1.00. The summed E-state index contributed by atoms with van der Waals surface area (Å²) in [6.45, 7) is 5.98. The molecule has 0 bridgehead atoms. The van der Waals surface area contributed by atoms with Crippen molar-refractivity contribution < 1.29 is 14.6 Å². The zero-order chi connectivity index (χ0) is 13.3. The van der Waals surface area contributed by atoms with E-state index in [1.807, 2.05) is 0 Å². The molecule has 2 saturated heterocycles. The number of aliphatic hydroxyl groups excluding tert-OH is 1. The molecule has 0 radical (unpaired) electrons. The molecule has 2 aliphatic heterocycles. The van der Waals surface area contributed by atoms with Crippen LogP contribution in [0.5, 0.6) is 0 Å². The van der Waals surface area contributed by atoms with Gasteiger partial charge in [0, 0.05) is 18.9 Å². The average Bonchev–Trinajstić information content (AvgIpc) is 2.74. The molecule has 3 rings (SSSR count). The summed E-state index contributed by atoms with van der Waals surface area (Å²) in [6.07, 6.45) is 6.08. The standard InChI is InChI=1S/C15H27NO3/c1-12-3-2-7-16(8-5-12)13-11-15(6-4-14(13)17)18-9-10-19-15/h12-14,17H,2-11H2,1H3. The highest BCUT2D eigenvalue weighted by Gasteiger charge is 2.46. The summed E-state index contributed by atoms with van der Waals surface area (Å²) in [6, 6.07) is 0.220. The van der Waals surface area contributed by atoms with Crippen LogP contribution in [-0.4, -0.2) is 54.2 Å². The minimum Gasteiger partial charge on any atom is -0.391 e. The first-order chi connectivity index (χ1) is 9.19. The Kier molecular flexibility index (Phi) is 4.13. The number of aliphatic hydroxyl groups is 1. The van der Waals surface area contributed by atoms with E-state index in [-0.39, 0.29) is 17.9 Å². The highest BCUT2D eigenvalue weighted by molar-refractivity contribution is 4.93. The summed E-state index contributed by atoms with van der Waals surface area (Å²) in [5, 5.41) is 10.4. The van der Waals surface area contributed by atoms with Crippen LogP contribution in [0, 0.1) is 5.92 Å². The van der Waals surface area contributed by atoms with E-state index in [4.69, 9.17) is 9.47 Å². The Morgan fingerprint density at radius 2 is 1.89 bits per heavy atom. The third-order valence-corrected chi connectivity index (χ3v) is 5.12. The smallest absolute Gasteiger partial charge is 0.170 e. The van der Waals surface area contributed by atoms with E-state index < -0.39 is 0 Å². The van der Waals surface area contributed by atoms with Gasteiger partial charge in [0.25, 0.3) is 0 Å². The number of ether oxygens (including phenoxy) is 2. The number of hydrogen-bond acceptors (Lipinski definition) is 4. The summed E-state index contributed by atoms with van der Waals surface area (Å²) < 4.78 is 11.7. The van der Waals surface area contributed by atoms with Gasteiger partial charge in [0.2, 0.25) is 0 Å². The summed E-state index contributed by atoms with van der Waals surface area (Å²) in [4.78, 5) is 2.49. The van der Waals surface area contributed by atoms with Gasteiger partial charge in [-0.15, -0.1) is 0 Å². The van der Waals surface area contributed by atoms with Crippen LogP contribution in [0.3, 0.4) is 0 Å². The van der Waals surface area contributed by atoms with Crippen LogP contribution in [0.1, 0.15) is 45.4 Å². The van der Waals surface area contributed by atoms with E-state index in [1.54, 1.807) is 0 Å². The zero-order valence-electron chi connectivity index (χ0n) is 12.0. The molecule has 3 fully saturated rings. The molecular formula is C15H27NO3. The van der Waals surface area contributed by atoms with Crippen molar-refractivity contribution >= 4 is 0 Å². The van der Waals surface area contributed by atoms with Crippen LogP contribution in [0.2, 0.25) is 0 Å². The second kappa shape index (κ2) is 5.68. The van der Waals surface area contributed by atoms with E-state index in [0.29, 0.717) is 13.2 Å². The first-order valence-electron chi connectivity index (χ1n) is 7.89. The topological polar surface area (TPSA) is 41.9 Å². The fourth-order valence-electron chi connectivity index (χ4n) is 3.87. The highest BCUT2D eigenvalue weighted by Crippen LogP contribution is 2.38. The lowest BCUT2D eigenvalue weighted by atomic mass is 9.86. The molecule has 0 aromatic carbocycles. The third kappa shape index (κ3) is 2.97. The van der Waals surface area contributed by atoms with Crippen molar-refractivity contribution in [1.82, 2.24) is 4.90 Å². The lowest BCUT2D eigenvalue weighted by Crippen LogP contribution is -2.53. The number of nitrogens with zero attached hydrogens (tertiary/aromatic N) is 1. The van der Waals surface area contributed by atoms with Crippen LogP contribution in [0.4, 0.5) is 0 Å². The van der Waals surface area contributed by atoms with Gasteiger partial charge in [0.15, 0.2) is 5.79 Å². The van der Waals surface area contributed by atoms with Crippen molar-refractivity contribution in [2.24, 2.45) is 5.92 Å². The Morgan fingerprint density at radius 3 is 2.68 bits per heavy atom. The maximum absolute atomic E-state index is 10.4. The molecule has 3 aliphatic rings. The highest BCUT2D eigenvalue weighted by atomic mass is 16.7. The predicted molar refractivity (Wildman–Crippen MR) is 72.9 cm³/mol. The van der Waals surface area contributed by atoms with Crippen molar-refractivity contribution in [3.05, 3.63) is 0 Å². The molecule has 4 nitrogen and oxygen atoms in total. The molecule has 3 unspecified atom stereocenters. The SMILES string of the molecule is CC1CCCN(C2CC3(CCC2O)OCCO3)CC1. The van der Waals surface area contributed by atoms with E-state index in [0.717, 1.165) is 38.3 Å². The molecule has 19 heavy (non-hydrogen) atoms. The second-order valence-electron chi connectivity index (χ2n) is 6.56. The average molecular weight is 269 g/mol. The minimum absolute atomic E-state index is 0.216. The van der Waals surface area contributed by atoms with E-state index in [9.17, 15) is 5.11 Å². The molecule has 0 aromatic rings. The maximum atomic E-state index is 10.4. The van der Waals surface area contributed by atoms with Crippen molar-refractivity contribution in [2.45, 2.75) is 63.4 Å². The van der Waals surface area contributed by atoms with Gasteiger partial charge in [-0.2, -0.15) is 0 Å². The molecule has 1 N–H and O–H groups in total. The maximum Gasteiger partial charge on any atom is 0.170 e. The molecule has 110 valence electrons. The van der Waals surface area contributed by atoms with Gasteiger partial charge in [-0.05, 0) is 44.7 Å². The van der Waals surface area contributed by atoms with Crippen LogP contribution in [0.25, 0.3) is 0 Å². The Labute approximate surface area is 116 Å². The molecule has 1 spiro atoms. The van der Waals surface area contributed by atoms with Crippen LogP contribution >= 0.6 is 0 Å². The molecule has 1 saturated carbocycles. The minimum atomic E-state index is -0.387. The molecule has 0 amide bonds. The lowest BCUT2D eigenvalue weighted by Gasteiger charge is -2.44. The lowest BCUT2D eigenvalue weighted by molar-refractivity contribution is -0.205. The van der Waals surface area contributed by atoms with Gasteiger partial charge in [-0.3, -0.25) is 4.90 Å². The van der Waals surface area contributed by atoms with E-state index in [1.165, 1.54) is 19.3 Å². The molecule has 4 heteroatoms. The Morgan fingerprint density at radius 1 is 1.11 bits per heavy atom. The van der Waals surface area contributed by atoms with E-state index in [2.05, 4.69) is 11.8 Å². The summed E-state index contributed by atoms with van der Waals surface area (Å²) in [5.41, 5.74) is 0. The number of likely N-dealkylation sites (tertiary alicyclic amines) is 1. The monoisotopic (exact) mass is 269 g/mol. The number of hydrogen-bond donors (Lipinski definition) is 1. The second-order valence-corrected chi connectivity index (χ2v) is 6.56. The van der Waals surface area contributed by atoms with Crippen molar-refractivity contribution in [3.8, 4) is 0 Å². The molecule has 2 heterocycles. The molecule has 3 atom stereocenters. The fourth-order valence-corrected chi connectivity index (χ4v) is 3.87. The molecule has 1 aliphatic carbocycles. The largest absolute Gasteiger partial charge is 0.391 e. The van der Waals surface area contributed by atoms with Gasteiger partial charge in [0.05, 0.1) is 19.3 Å². The van der Waals surface area contributed by atoms with Crippen molar-refractivity contribution in [1.29, 1.82) is 0 Å². The normalized spacial score (nSPS) is 40.4. The van der Waals surface area contributed by atoms with Gasteiger partial charge in [-0.1, -0.05) is 6.92 Å². The van der Waals surface area contributed by atoms with Crippen LogP contribution in [-0.2, 0) is 9.47 Å². The Hall–Kier alpha value is -0.160. The Bertz CT molecular complexity index is 304. The third-order valence-electron chi connectivity index (χ3n) is 5.12. The number of rotatable bonds is 1. The first kappa shape index (κ1) is 13.8. The van der Waals surface area contributed by atoms with Gasteiger partial charge in [0.1, 0.15) is 0 Å². The quantitative estimate of drug-likeness (QED) is 0.787. The van der Waals surface area contributed by atoms with Crippen molar-refractivity contribution in [3.63, 3.8) is 0 Å². The predicted octanol–water partition coefficient (Wildman–Crippen LogP) is 1.76. The van der Waals surface area contributed by atoms with Crippen LogP contribution < -0.4 is 0 Å². The van der Waals surface area contributed by atoms with Gasteiger partial charge >= 0.3 is 0 Å². The van der Waals surface area contributed by atoms with Crippen molar-refractivity contribution in [2.75, 3.05) is 26.3 Å².